The van der Waals surface area contributed by atoms with Gasteiger partial charge in [0, 0.05) is 35.6 Å². The van der Waals surface area contributed by atoms with E-state index in [1.54, 1.807) is 35.0 Å². The minimum Gasteiger partial charge on any atom is -0.441 e. The van der Waals surface area contributed by atoms with E-state index in [1.165, 1.54) is 12.1 Å². The van der Waals surface area contributed by atoms with E-state index in [0.29, 0.717) is 34.4 Å². The number of hydrogen-bond acceptors (Lipinski definition) is 7. The first-order valence-corrected chi connectivity index (χ1v) is 12.0. The fourth-order valence-corrected chi connectivity index (χ4v) is 4.32. The first-order chi connectivity index (χ1) is 17.8. The molecule has 3 atom stereocenters. The molecule has 4 heterocycles. The zero-order valence-corrected chi connectivity index (χ0v) is 20.3. The lowest BCUT2D eigenvalue weighted by Gasteiger charge is -2.17. The Morgan fingerprint density at radius 2 is 2.16 bits per heavy atom. The van der Waals surface area contributed by atoms with Gasteiger partial charge in [-0.2, -0.15) is 5.10 Å². The molecule has 0 bridgehead atoms. The van der Waals surface area contributed by atoms with Crippen LogP contribution in [0.25, 0.3) is 16.9 Å². The Kier molecular flexibility index (Phi) is 5.72. The number of imidazole rings is 1. The molecule has 0 radical (unpaired) electrons. The molecule has 2 aliphatic rings. The van der Waals surface area contributed by atoms with Crippen molar-refractivity contribution in [2.75, 3.05) is 11.9 Å². The molecule has 13 heteroatoms. The number of H-pyrrole nitrogens is 1. The summed E-state index contributed by atoms with van der Waals surface area (Å²) < 4.78 is 41.3. The number of benzene rings is 1. The highest BCUT2D eigenvalue weighted by atomic mass is 35.5. The van der Waals surface area contributed by atoms with E-state index in [4.69, 9.17) is 21.1 Å². The number of halogens is 3. The maximum Gasteiger partial charge on any atom is 0.408 e. The van der Waals surface area contributed by atoms with Crippen molar-refractivity contribution in [2.45, 2.75) is 43.7 Å². The quantitative estimate of drug-likeness (QED) is 0.331. The van der Waals surface area contributed by atoms with Crippen LogP contribution in [0.4, 0.5) is 25.3 Å². The third-order valence-corrected chi connectivity index (χ3v) is 6.79. The monoisotopic (exact) mass is 529 g/mol. The van der Waals surface area contributed by atoms with Gasteiger partial charge in [-0.1, -0.05) is 11.6 Å². The standard InChI is InChI=1S/C24H22ClF2N7O3/c1-24(4-5-24)31-23(35)37-17-11-36-21(20(17)27)16-9-18(33-32-16)30-22-29-15(10-19-28-6-7-34(19)22)12-2-3-14(26)13(25)8-12/h2-3,6-10,17,20-21H,4-5,11H2,1H3,(H,31,35)(H2,29,30,32,33)/t17-,20+,21-/m0/s1. The van der Waals surface area contributed by atoms with Gasteiger partial charge in [0.25, 0.3) is 0 Å². The number of nitrogens with one attached hydrogen (secondary N) is 3. The van der Waals surface area contributed by atoms with E-state index >= 15 is 4.39 Å². The Bertz CT molecular complexity index is 1490. The molecule has 4 aromatic rings. The lowest BCUT2D eigenvalue weighted by molar-refractivity contribution is 0.0604. The highest BCUT2D eigenvalue weighted by Crippen LogP contribution is 2.36. The van der Waals surface area contributed by atoms with Gasteiger partial charge >= 0.3 is 6.09 Å². The molecule has 0 unspecified atom stereocenters. The number of alkyl carbamates (subject to hydrolysis) is 1. The van der Waals surface area contributed by atoms with Gasteiger partial charge in [-0.3, -0.25) is 9.50 Å². The summed E-state index contributed by atoms with van der Waals surface area (Å²) in [6, 6.07) is 7.66. The number of carbonyl (C=O) groups excluding carboxylic acids is 1. The predicted molar refractivity (Wildman–Crippen MR) is 130 cm³/mol. The van der Waals surface area contributed by atoms with Gasteiger partial charge in [0.1, 0.15) is 17.6 Å². The summed E-state index contributed by atoms with van der Waals surface area (Å²) in [6.45, 7) is 1.84. The number of alkyl halides is 1. The second-order valence-electron chi connectivity index (χ2n) is 9.41. The largest absolute Gasteiger partial charge is 0.441 e. The van der Waals surface area contributed by atoms with Crippen LogP contribution in [-0.2, 0) is 9.47 Å². The third kappa shape index (κ3) is 4.69. The van der Waals surface area contributed by atoms with E-state index in [0.717, 1.165) is 12.8 Å². The molecule has 6 rings (SSSR count). The fraction of sp³-hybridized carbons (Fsp3) is 0.333. The molecule has 192 valence electrons. The van der Waals surface area contributed by atoms with Crippen LogP contribution in [0.1, 0.15) is 31.6 Å². The van der Waals surface area contributed by atoms with Gasteiger partial charge in [-0.05, 0) is 38.0 Å². The van der Waals surface area contributed by atoms with E-state index < -0.39 is 30.3 Å². The number of fused-ring (bicyclic) bond motifs is 1. The van der Waals surface area contributed by atoms with Gasteiger partial charge < -0.3 is 20.1 Å². The normalized spacial score (nSPS) is 22.2. The SMILES string of the molecule is CC1(NC(=O)O[C@H]2CO[C@@H](c3cc(Nc4nc(-c5ccc(F)c(Cl)c5)cc5nccn45)n[nH]3)[C@@H]2F)CC1. The summed E-state index contributed by atoms with van der Waals surface area (Å²) in [7, 11) is 0. The van der Waals surface area contributed by atoms with Crippen molar-refractivity contribution in [3.8, 4) is 11.3 Å². The topological polar surface area (TPSA) is 118 Å². The fourth-order valence-electron chi connectivity index (χ4n) is 4.14. The molecule has 3 aromatic heterocycles. The smallest absolute Gasteiger partial charge is 0.408 e. The van der Waals surface area contributed by atoms with Gasteiger partial charge in [-0.25, -0.2) is 23.5 Å². The Hall–Kier alpha value is -3.77. The van der Waals surface area contributed by atoms with Gasteiger partial charge in [0.15, 0.2) is 18.1 Å². The van der Waals surface area contributed by atoms with Crippen molar-refractivity contribution in [3.05, 3.63) is 59.3 Å². The highest BCUT2D eigenvalue weighted by Gasteiger charge is 2.44. The first kappa shape index (κ1) is 23.6. The first-order valence-electron chi connectivity index (χ1n) is 11.6. The minimum atomic E-state index is -1.57. The zero-order chi connectivity index (χ0) is 25.7. The Morgan fingerprint density at radius 3 is 2.95 bits per heavy atom. The second-order valence-corrected chi connectivity index (χ2v) is 9.82. The summed E-state index contributed by atoms with van der Waals surface area (Å²) in [5.74, 6) is 0.200. The van der Waals surface area contributed by atoms with E-state index in [9.17, 15) is 9.18 Å². The highest BCUT2D eigenvalue weighted by molar-refractivity contribution is 6.31. The molecule has 2 fully saturated rings. The Morgan fingerprint density at radius 1 is 1.32 bits per heavy atom. The summed E-state index contributed by atoms with van der Waals surface area (Å²) >= 11 is 5.95. The Labute approximate surface area is 214 Å². The van der Waals surface area contributed by atoms with Crippen LogP contribution in [0.5, 0.6) is 0 Å². The molecule has 3 N–H and O–H groups in total. The molecule has 37 heavy (non-hydrogen) atoms. The number of hydrogen-bond donors (Lipinski definition) is 3. The molecular formula is C24H22ClF2N7O3. The van der Waals surface area contributed by atoms with Crippen LogP contribution in [0.2, 0.25) is 5.02 Å². The lowest BCUT2D eigenvalue weighted by atomic mass is 10.1. The molecule has 0 spiro atoms. The van der Waals surface area contributed by atoms with Crippen molar-refractivity contribution in [3.63, 3.8) is 0 Å². The number of aromatic nitrogens is 5. The molecule has 1 aromatic carbocycles. The number of aromatic amines is 1. The van der Waals surface area contributed by atoms with E-state index in [2.05, 4.69) is 30.8 Å². The van der Waals surface area contributed by atoms with Crippen LogP contribution < -0.4 is 10.6 Å². The van der Waals surface area contributed by atoms with E-state index in [-0.39, 0.29) is 17.2 Å². The van der Waals surface area contributed by atoms with Crippen molar-refractivity contribution in [1.29, 1.82) is 0 Å². The summed E-state index contributed by atoms with van der Waals surface area (Å²) in [5.41, 5.74) is 1.82. The van der Waals surface area contributed by atoms with Crippen LogP contribution in [-0.4, -0.2) is 55.1 Å². The van der Waals surface area contributed by atoms with Crippen LogP contribution in [0.15, 0.2) is 42.7 Å². The number of carbonyl (C=O) groups is 1. The van der Waals surface area contributed by atoms with Crippen molar-refractivity contribution >= 4 is 35.1 Å². The summed E-state index contributed by atoms with van der Waals surface area (Å²) in [6.07, 6.45) is 0.833. The van der Waals surface area contributed by atoms with Crippen LogP contribution in [0.3, 0.4) is 0 Å². The molecule has 10 nitrogen and oxygen atoms in total. The average molecular weight is 530 g/mol. The van der Waals surface area contributed by atoms with Gasteiger partial charge in [-0.15, -0.1) is 0 Å². The Balaban J connectivity index is 1.19. The molecule has 1 aliphatic carbocycles. The number of anilines is 2. The van der Waals surface area contributed by atoms with Crippen LogP contribution >= 0.6 is 11.6 Å². The van der Waals surface area contributed by atoms with E-state index in [1.807, 2.05) is 6.92 Å². The van der Waals surface area contributed by atoms with Gasteiger partial charge in [0.2, 0.25) is 5.95 Å². The molecule has 1 saturated heterocycles. The second kappa shape index (κ2) is 8.96. The van der Waals surface area contributed by atoms with Gasteiger partial charge in [0.05, 0.1) is 23.0 Å². The molecule has 1 aliphatic heterocycles. The molecule has 1 saturated carbocycles. The molecule has 1 amide bonds. The number of amides is 1. The number of nitrogens with zero attached hydrogens (tertiary/aromatic N) is 4. The number of rotatable bonds is 6. The zero-order valence-electron chi connectivity index (χ0n) is 19.5. The summed E-state index contributed by atoms with van der Waals surface area (Å²) in [4.78, 5) is 21.0. The minimum absolute atomic E-state index is 0.0205. The molecular weight excluding hydrogens is 508 g/mol. The summed E-state index contributed by atoms with van der Waals surface area (Å²) in [5, 5.41) is 12.8. The maximum atomic E-state index is 15.1. The maximum absolute atomic E-state index is 15.1. The van der Waals surface area contributed by atoms with Crippen LogP contribution in [0, 0.1) is 5.82 Å². The lowest BCUT2D eigenvalue weighted by Crippen LogP contribution is -2.39. The average Bonchev–Trinajstić information content (AvgIpc) is 3.25. The van der Waals surface area contributed by atoms with Crippen molar-refractivity contribution < 1.29 is 23.0 Å². The van der Waals surface area contributed by atoms with Crippen molar-refractivity contribution in [1.82, 2.24) is 29.9 Å². The predicted octanol–water partition coefficient (Wildman–Crippen LogP) is 4.71. The number of ether oxygens (including phenoxy) is 2. The van der Waals surface area contributed by atoms with Crippen molar-refractivity contribution in [2.24, 2.45) is 0 Å². The third-order valence-electron chi connectivity index (χ3n) is 6.50.